The molecule has 0 saturated heterocycles. The number of methoxy groups -OCH3 is 3. The average molecular weight is 447 g/mol. The number of nitrogens with zero attached hydrogens (tertiary/aromatic N) is 2. The van der Waals surface area contributed by atoms with Crippen LogP contribution < -0.4 is 19.0 Å². The van der Waals surface area contributed by atoms with Gasteiger partial charge in [0, 0.05) is 17.5 Å². The van der Waals surface area contributed by atoms with Gasteiger partial charge in [-0.2, -0.15) is 0 Å². The maximum Gasteiger partial charge on any atom is 0.190 e. The number of hydrogen-bond acceptors (Lipinski definition) is 5. The Morgan fingerprint density at radius 1 is 0.812 bits per heavy atom. The molecule has 1 heterocycles. The van der Waals surface area contributed by atoms with Crippen molar-refractivity contribution in [3.63, 3.8) is 0 Å². The number of thiazole rings is 1. The molecule has 0 aliphatic carbocycles. The van der Waals surface area contributed by atoms with Crippen LogP contribution in [0.15, 0.2) is 83.2 Å². The molecular formula is C26H26N2O3S. The zero-order chi connectivity index (χ0) is 22.3. The van der Waals surface area contributed by atoms with Crippen LogP contribution >= 0.6 is 11.3 Å². The number of benzene rings is 3. The molecule has 0 bridgehead atoms. The van der Waals surface area contributed by atoms with Crippen LogP contribution in [0.5, 0.6) is 17.2 Å². The summed E-state index contributed by atoms with van der Waals surface area (Å²) in [4.78, 5) is 5.86. The summed E-state index contributed by atoms with van der Waals surface area (Å²) in [5.74, 6) is 2.24. The Hall–Kier alpha value is -3.51. The molecule has 1 aromatic heterocycles. The molecule has 32 heavy (non-hydrogen) atoms. The third kappa shape index (κ3) is 4.86. The minimum atomic E-state index is 0.708. The first kappa shape index (κ1) is 21.7. The molecule has 6 heteroatoms. The summed E-state index contributed by atoms with van der Waals surface area (Å²) < 4.78 is 18.5. The summed E-state index contributed by atoms with van der Waals surface area (Å²) >= 11 is 1.63. The lowest BCUT2D eigenvalue weighted by Gasteiger charge is -2.12. The van der Waals surface area contributed by atoms with E-state index in [9.17, 15) is 0 Å². The van der Waals surface area contributed by atoms with Crippen LogP contribution in [0.2, 0.25) is 0 Å². The highest BCUT2D eigenvalue weighted by molar-refractivity contribution is 7.07. The van der Waals surface area contributed by atoms with Crippen LogP contribution in [-0.2, 0) is 13.0 Å². The number of ether oxygens (including phenoxy) is 3. The Bertz CT molecular complexity index is 1230. The Morgan fingerprint density at radius 2 is 1.56 bits per heavy atom. The highest BCUT2D eigenvalue weighted by Gasteiger charge is 2.12. The van der Waals surface area contributed by atoms with Crippen LogP contribution in [0.1, 0.15) is 5.56 Å². The van der Waals surface area contributed by atoms with Crippen LogP contribution in [0.3, 0.4) is 0 Å². The minimum Gasteiger partial charge on any atom is -0.497 e. The SMILES string of the molecule is COc1ccc(N=c2scc(-c3ccc(OC)c(OC)c3)n2CCc2ccccc2)cc1. The summed E-state index contributed by atoms with van der Waals surface area (Å²) in [5, 5.41) is 2.15. The Morgan fingerprint density at radius 3 is 2.25 bits per heavy atom. The molecule has 4 rings (SSSR count). The predicted molar refractivity (Wildman–Crippen MR) is 129 cm³/mol. The van der Waals surface area contributed by atoms with Crippen molar-refractivity contribution in [3.8, 4) is 28.5 Å². The smallest absolute Gasteiger partial charge is 0.190 e. The Balaban J connectivity index is 1.76. The number of hydrogen-bond donors (Lipinski definition) is 0. The van der Waals surface area contributed by atoms with Crippen molar-refractivity contribution in [2.24, 2.45) is 4.99 Å². The van der Waals surface area contributed by atoms with Gasteiger partial charge in [-0.1, -0.05) is 30.3 Å². The second kappa shape index (κ2) is 10.2. The van der Waals surface area contributed by atoms with E-state index < -0.39 is 0 Å². The van der Waals surface area contributed by atoms with Gasteiger partial charge in [-0.3, -0.25) is 0 Å². The Kier molecular flexibility index (Phi) is 6.92. The van der Waals surface area contributed by atoms with Crippen LogP contribution in [-0.4, -0.2) is 25.9 Å². The summed E-state index contributed by atoms with van der Waals surface area (Å²) in [6.07, 6.45) is 0.910. The van der Waals surface area contributed by atoms with Gasteiger partial charge in [-0.05, 0) is 54.4 Å². The molecule has 0 saturated carbocycles. The molecule has 0 amide bonds. The molecule has 0 N–H and O–H groups in total. The van der Waals surface area contributed by atoms with Crippen molar-refractivity contribution in [2.75, 3.05) is 21.3 Å². The summed E-state index contributed by atoms with van der Waals surface area (Å²) in [6, 6.07) is 24.3. The molecule has 0 spiro atoms. The molecule has 4 aromatic rings. The van der Waals surface area contributed by atoms with Crippen molar-refractivity contribution in [3.05, 3.63) is 88.5 Å². The van der Waals surface area contributed by atoms with Crippen molar-refractivity contribution >= 4 is 17.0 Å². The van der Waals surface area contributed by atoms with Gasteiger partial charge < -0.3 is 18.8 Å². The summed E-state index contributed by atoms with van der Waals surface area (Å²) in [6.45, 7) is 0.812. The molecule has 0 unspecified atom stereocenters. The van der Waals surface area contributed by atoms with E-state index in [0.717, 1.165) is 40.5 Å². The fraction of sp³-hybridized carbons (Fsp3) is 0.192. The number of rotatable bonds is 8. The normalized spacial score (nSPS) is 11.4. The molecular weight excluding hydrogens is 420 g/mol. The molecule has 3 aromatic carbocycles. The van der Waals surface area contributed by atoms with Crippen molar-refractivity contribution in [2.45, 2.75) is 13.0 Å². The molecule has 0 fully saturated rings. The van der Waals surface area contributed by atoms with Gasteiger partial charge in [0.1, 0.15) is 5.75 Å². The van der Waals surface area contributed by atoms with Crippen molar-refractivity contribution in [1.29, 1.82) is 0 Å². The second-order valence-electron chi connectivity index (χ2n) is 7.17. The topological polar surface area (TPSA) is 45.0 Å². The van der Waals surface area contributed by atoms with Gasteiger partial charge in [0.25, 0.3) is 0 Å². The lowest BCUT2D eigenvalue weighted by molar-refractivity contribution is 0.355. The highest BCUT2D eigenvalue weighted by atomic mass is 32.1. The van der Waals surface area contributed by atoms with Crippen molar-refractivity contribution in [1.82, 2.24) is 4.57 Å². The second-order valence-corrected chi connectivity index (χ2v) is 8.01. The first-order valence-electron chi connectivity index (χ1n) is 10.3. The molecule has 0 aliphatic rings. The standard InChI is InChI=1S/C26H26N2O3S/c1-29-22-12-10-21(11-13-22)27-26-28(16-15-19-7-5-4-6-8-19)23(18-32-26)20-9-14-24(30-2)25(17-20)31-3/h4-14,17-18H,15-16H2,1-3H3. The maximum atomic E-state index is 5.53. The van der Waals surface area contributed by atoms with Gasteiger partial charge in [-0.15, -0.1) is 11.3 Å². The van der Waals surface area contributed by atoms with E-state index in [1.807, 2.05) is 42.5 Å². The number of aryl methyl sites for hydroxylation is 1. The third-order valence-electron chi connectivity index (χ3n) is 5.24. The van der Waals surface area contributed by atoms with E-state index >= 15 is 0 Å². The molecule has 0 atom stereocenters. The van der Waals surface area contributed by atoms with Gasteiger partial charge in [0.2, 0.25) is 0 Å². The first-order chi connectivity index (χ1) is 15.7. The number of aromatic nitrogens is 1. The fourth-order valence-corrected chi connectivity index (χ4v) is 4.47. The Labute approximate surface area is 192 Å². The average Bonchev–Trinajstić information content (AvgIpc) is 3.25. The van der Waals surface area contributed by atoms with Crippen molar-refractivity contribution < 1.29 is 14.2 Å². The maximum absolute atomic E-state index is 5.53. The van der Waals surface area contributed by atoms with Gasteiger partial charge >= 0.3 is 0 Å². The molecule has 0 radical (unpaired) electrons. The fourth-order valence-electron chi connectivity index (χ4n) is 3.51. The van der Waals surface area contributed by atoms with Crippen LogP contribution in [0.25, 0.3) is 11.3 Å². The lowest BCUT2D eigenvalue weighted by atomic mass is 10.1. The molecule has 164 valence electrons. The zero-order valence-corrected chi connectivity index (χ0v) is 19.3. The summed E-state index contributed by atoms with van der Waals surface area (Å²) in [5.41, 5.74) is 4.34. The quantitative estimate of drug-likeness (QED) is 0.348. The van der Waals surface area contributed by atoms with E-state index in [1.165, 1.54) is 5.56 Å². The van der Waals surface area contributed by atoms with E-state index in [1.54, 1.807) is 32.7 Å². The molecule has 0 aliphatic heterocycles. The van der Waals surface area contributed by atoms with Gasteiger partial charge in [0.05, 0.1) is 32.7 Å². The van der Waals surface area contributed by atoms with Crippen LogP contribution in [0.4, 0.5) is 5.69 Å². The first-order valence-corrected chi connectivity index (χ1v) is 11.2. The van der Waals surface area contributed by atoms with Gasteiger partial charge in [-0.25, -0.2) is 4.99 Å². The zero-order valence-electron chi connectivity index (χ0n) is 18.4. The highest BCUT2D eigenvalue weighted by Crippen LogP contribution is 2.32. The monoisotopic (exact) mass is 446 g/mol. The van der Waals surface area contributed by atoms with E-state index in [2.05, 4.69) is 40.3 Å². The van der Waals surface area contributed by atoms with Gasteiger partial charge in [0.15, 0.2) is 16.3 Å². The third-order valence-corrected chi connectivity index (χ3v) is 6.10. The minimum absolute atomic E-state index is 0.708. The van der Waals surface area contributed by atoms with E-state index in [-0.39, 0.29) is 0 Å². The van der Waals surface area contributed by atoms with E-state index in [4.69, 9.17) is 19.2 Å². The van der Waals surface area contributed by atoms with Crippen LogP contribution in [0, 0.1) is 0 Å². The lowest BCUT2D eigenvalue weighted by Crippen LogP contribution is -2.17. The van der Waals surface area contributed by atoms with E-state index in [0.29, 0.717) is 11.5 Å². The predicted octanol–water partition coefficient (Wildman–Crippen LogP) is 5.72. The summed E-state index contributed by atoms with van der Waals surface area (Å²) in [7, 11) is 4.97. The molecule has 5 nitrogen and oxygen atoms in total. The largest absolute Gasteiger partial charge is 0.497 e.